The van der Waals surface area contributed by atoms with Crippen LogP contribution < -0.4 is 10.2 Å². The first-order valence-corrected chi connectivity index (χ1v) is 7.68. The molecule has 0 radical (unpaired) electrons. The average molecular weight is 281 g/mol. The maximum Gasteiger partial charge on any atom is 0.0403 e. The molecule has 1 saturated heterocycles. The van der Waals surface area contributed by atoms with Crippen LogP contribution in [-0.4, -0.2) is 30.7 Å². The Balaban J connectivity index is 1.70. The topological polar surface area (TPSA) is 28.2 Å². The number of hydrogen-bond donors (Lipinski definition) is 1. The fraction of sp³-hybridized carbons (Fsp3) is 0.389. The Morgan fingerprint density at radius 2 is 1.86 bits per heavy atom. The van der Waals surface area contributed by atoms with Gasteiger partial charge in [-0.15, -0.1) is 0 Å². The third-order valence-corrected chi connectivity index (χ3v) is 4.01. The summed E-state index contributed by atoms with van der Waals surface area (Å²) in [5, 5.41) is 3.64. The van der Waals surface area contributed by atoms with Gasteiger partial charge in [0.15, 0.2) is 0 Å². The number of nitrogens with one attached hydrogen (secondary N) is 1. The highest BCUT2D eigenvalue weighted by atomic mass is 15.2. The summed E-state index contributed by atoms with van der Waals surface area (Å²) in [5.74, 6) is 0. The summed E-state index contributed by atoms with van der Waals surface area (Å²) in [4.78, 5) is 6.95. The Kier molecular flexibility index (Phi) is 4.20. The van der Waals surface area contributed by atoms with E-state index in [9.17, 15) is 0 Å². The molecule has 1 aliphatic rings. The lowest BCUT2D eigenvalue weighted by Gasteiger charge is -2.35. The fourth-order valence-electron chi connectivity index (χ4n) is 3.09. The van der Waals surface area contributed by atoms with Gasteiger partial charge in [0.05, 0.1) is 0 Å². The monoisotopic (exact) mass is 281 g/mol. The summed E-state index contributed by atoms with van der Waals surface area (Å²) >= 11 is 0. The lowest BCUT2D eigenvalue weighted by molar-refractivity contribution is 0.454. The van der Waals surface area contributed by atoms with Crippen molar-refractivity contribution in [3.8, 4) is 0 Å². The molecule has 3 heteroatoms. The van der Waals surface area contributed by atoms with Crippen molar-refractivity contribution in [2.45, 2.75) is 26.3 Å². The third-order valence-electron chi connectivity index (χ3n) is 4.01. The molecule has 0 amide bonds. The van der Waals surface area contributed by atoms with Gasteiger partial charge in [-0.05, 0) is 38.0 Å². The molecule has 1 atom stereocenters. The lowest BCUT2D eigenvalue weighted by atomic mass is 10.0. The maximum absolute atomic E-state index is 4.47. The molecular formula is C18H23N3. The van der Waals surface area contributed by atoms with Gasteiger partial charge < -0.3 is 10.2 Å². The molecule has 1 fully saturated rings. The SMILES string of the molecule is Cc1cc(N2CCNC(Cc3ccccc3)C2)cc(C)n1. The number of aryl methyl sites for hydroxylation is 2. The van der Waals surface area contributed by atoms with E-state index < -0.39 is 0 Å². The van der Waals surface area contributed by atoms with E-state index in [0.29, 0.717) is 6.04 Å². The first-order valence-electron chi connectivity index (χ1n) is 7.68. The smallest absolute Gasteiger partial charge is 0.0403 e. The van der Waals surface area contributed by atoms with Crippen molar-refractivity contribution in [1.29, 1.82) is 0 Å². The molecule has 1 aromatic heterocycles. The highest BCUT2D eigenvalue weighted by Gasteiger charge is 2.20. The molecule has 2 aromatic rings. The second-order valence-corrected chi connectivity index (χ2v) is 5.89. The highest BCUT2D eigenvalue weighted by molar-refractivity contribution is 5.49. The van der Waals surface area contributed by atoms with Crippen LogP contribution in [0.1, 0.15) is 17.0 Å². The van der Waals surface area contributed by atoms with E-state index in [1.165, 1.54) is 11.3 Å². The van der Waals surface area contributed by atoms with Crippen molar-refractivity contribution in [1.82, 2.24) is 10.3 Å². The maximum atomic E-state index is 4.47. The number of benzene rings is 1. The summed E-state index contributed by atoms with van der Waals surface area (Å²) in [5.41, 5.74) is 4.91. The predicted molar refractivity (Wildman–Crippen MR) is 87.9 cm³/mol. The Labute approximate surface area is 127 Å². The predicted octanol–water partition coefficient (Wildman–Crippen LogP) is 2.72. The van der Waals surface area contributed by atoms with Gasteiger partial charge in [-0.2, -0.15) is 0 Å². The van der Waals surface area contributed by atoms with Gasteiger partial charge in [-0.3, -0.25) is 4.98 Å². The van der Waals surface area contributed by atoms with Crippen molar-refractivity contribution < 1.29 is 0 Å². The van der Waals surface area contributed by atoms with Gasteiger partial charge in [-0.1, -0.05) is 30.3 Å². The largest absolute Gasteiger partial charge is 0.369 e. The zero-order valence-corrected chi connectivity index (χ0v) is 12.8. The van der Waals surface area contributed by atoms with Crippen molar-refractivity contribution in [2.24, 2.45) is 0 Å². The average Bonchev–Trinajstić information content (AvgIpc) is 2.47. The van der Waals surface area contributed by atoms with E-state index >= 15 is 0 Å². The summed E-state index contributed by atoms with van der Waals surface area (Å²) in [7, 11) is 0. The van der Waals surface area contributed by atoms with Crippen LogP contribution in [0.2, 0.25) is 0 Å². The summed E-state index contributed by atoms with van der Waals surface area (Å²) in [6.45, 7) is 7.30. The minimum absolute atomic E-state index is 0.509. The van der Waals surface area contributed by atoms with E-state index in [4.69, 9.17) is 0 Å². The summed E-state index contributed by atoms with van der Waals surface area (Å²) in [6.07, 6.45) is 1.08. The van der Waals surface area contributed by atoms with E-state index in [-0.39, 0.29) is 0 Å². The minimum Gasteiger partial charge on any atom is -0.369 e. The van der Waals surface area contributed by atoms with Crippen molar-refractivity contribution in [3.05, 3.63) is 59.4 Å². The minimum atomic E-state index is 0.509. The molecule has 1 aromatic carbocycles. The number of pyridine rings is 1. The van der Waals surface area contributed by atoms with E-state index in [1.54, 1.807) is 0 Å². The van der Waals surface area contributed by atoms with Crippen LogP contribution in [0, 0.1) is 13.8 Å². The van der Waals surface area contributed by atoms with Crippen molar-refractivity contribution in [2.75, 3.05) is 24.5 Å². The molecule has 0 aliphatic carbocycles. The quantitative estimate of drug-likeness (QED) is 0.937. The zero-order valence-electron chi connectivity index (χ0n) is 12.8. The Bertz CT molecular complexity index is 574. The number of nitrogens with zero attached hydrogens (tertiary/aromatic N) is 2. The van der Waals surface area contributed by atoms with Crippen molar-refractivity contribution >= 4 is 5.69 Å². The Morgan fingerprint density at radius 3 is 2.57 bits per heavy atom. The van der Waals surface area contributed by atoms with E-state index in [2.05, 4.69) is 71.5 Å². The van der Waals surface area contributed by atoms with Gasteiger partial charge in [0, 0.05) is 42.8 Å². The number of aromatic nitrogens is 1. The van der Waals surface area contributed by atoms with Crippen LogP contribution in [0.25, 0.3) is 0 Å². The number of anilines is 1. The Hall–Kier alpha value is -1.87. The van der Waals surface area contributed by atoms with E-state index in [1.807, 2.05) is 0 Å². The van der Waals surface area contributed by atoms with Gasteiger partial charge in [0.2, 0.25) is 0 Å². The molecule has 21 heavy (non-hydrogen) atoms. The van der Waals surface area contributed by atoms with Crippen LogP contribution >= 0.6 is 0 Å². The first kappa shape index (κ1) is 14.1. The summed E-state index contributed by atoms with van der Waals surface area (Å²) < 4.78 is 0. The van der Waals surface area contributed by atoms with Crippen LogP contribution in [0.5, 0.6) is 0 Å². The standard InChI is InChI=1S/C18H23N3/c1-14-10-18(11-15(2)20-14)21-9-8-19-17(13-21)12-16-6-4-3-5-7-16/h3-7,10-11,17,19H,8-9,12-13H2,1-2H3. The van der Waals surface area contributed by atoms with Gasteiger partial charge in [-0.25, -0.2) is 0 Å². The molecule has 0 saturated carbocycles. The van der Waals surface area contributed by atoms with E-state index in [0.717, 1.165) is 37.4 Å². The Morgan fingerprint density at radius 1 is 1.14 bits per heavy atom. The lowest BCUT2D eigenvalue weighted by Crippen LogP contribution is -2.51. The molecule has 3 rings (SSSR count). The normalized spacial score (nSPS) is 18.8. The first-order chi connectivity index (χ1) is 10.2. The molecule has 0 bridgehead atoms. The van der Waals surface area contributed by atoms with Crippen LogP contribution in [0.4, 0.5) is 5.69 Å². The molecule has 110 valence electrons. The fourth-order valence-corrected chi connectivity index (χ4v) is 3.09. The van der Waals surface area contributed by atoms with Gasteiger partial charge >= 0.3 is 0 Å². The summed E-state index contributed by atoms with van der Waals surface area (Å²) in [6, 6.07) is 15.6. The molecule has 1 unspecified atom stereocenters. The zero-order chi connectivity index (χ0) is 14.7. The number of hydrogen-bond acceptors (Lipinski definition) is 3. The highest BCUT2D eigenvalue weighted by Crippen LogP contribution is 2.19. The molecule has 1 aliphatic heterocycles. The molecule has 0 spiro atoms. The van der Waals surface area contributed by atoms with Crippen molar-refractivity contribution in [3.63, 3.8) is 0 Å². The van der Waals surface area contributed by atoms with Crippen LogP contribution in [0.3, 0.4) is 0 Å². The molecule has 1 N–H and O–H groups in total. The number of piperazine rings is 1. The van der Waals surface area contributed by atoms with Crippen LogP contribution in [-0.2, 0) is 6.42 Å². The second kappa shape index (κ2) is 6.27. The molecule has 2 heterocycles. The second-order valence-electron chi connectivity index (χ2n) is 5.89. The van der Waals surface area contributed by atoms with Gasteiger partial charge in [0.25, 0.3) is 0 Å². The molecule has 3 nitrogen and oxygen atoms in total. The number of rotatable bonds is 3. The molecular weight excluding hydrogens is 258 g/mol. The van der Waals surface area contributed by atoms with Gasteiger partial charge in [0.1, 0.15) is 0 Å². The third kappa shape index (κ3) is 3.61. The van der Waals surface area contributed by atoms with Crippen LogP contribution in [0.15, 0.2) is 42.5 Å².